The maximum absolute atomic E-state index is 5.04. The topological polar surface area (TPSA) is 29.0 Å². The molecule has 0 amide bonds. The summed E-state index contributed by atoms with van der Waals surface area (Å²) >= 11 is 0. The molecule has 2 aliphatic carbocycles. The van der Waals surface area contributed by atoms with Crippen molar-refractivity contribution in [1.29, 1.82) is 0 Å². The van der Waals surface area contributed by atoms with E-state index >= 15 is 0 Å². The molecule has 0 saturated heterocycles. The molecule has 2 heterocycles. The largest absolute Gasteiger partial charge is 0.313 e. The Kier molecular flexibility index (Phi) is 6.95. The number of benzene rings is 6. The summed E-state index contributed by atoms with van der Waals surface area (Å²) < 4.78 is 0. The van der Waals surface area contributed by atoms with E-state index in [1.165, 1.54) is 44.5 Å². The van der Waals surface area contributed by atoms with Gasteiger partial charge in [0.1, 0.15) is 0 Å². The minimum atomic E-state index is 0.254. The normalized spacial score (nSPS) is 17.1. The Morgan fingerprint density at radius 2 is 1.20 bits per heavy atom. The first-order valence-electron chi connectivity index (χ1n) is 17.6. The van der Waals surface area contributed by atoms with Crippen LogP contribution < -0.4 is 4.90 Å². The van der Waals surface area contributed by atoms with E-state index < -0.39 is 0 Å². The standard InChI is InChI=1S/C48H33N3/c1-3-14-35(15-4-1)42-31-43(50-48(49-42)37-16-5-2-6-17-37)36-24-22-32(23-25-36)38-18-11-19-39(30-38)51-44-28-26-33-12-7-9-20-40(33)46(44)47-41-21-10-8-13-34(41)27-29-45(47)51/h1-31,40,46H. The zero-order chi connectivity index (χ0) is 33.7. The van der Waals surface area contributed by atoms with Gasteiger partial charge >= 0.3 is 0 Å². The van der Waals surface area contributed by atoms with Crippen molar-refractivity contribution in [2.45, 2.75) is 5.92 Å². The molecular weight excluding hydrogens is 619 g/mol. The molecule has 0 fully saturated rings. The molecule has 0 spiro atoms. The van der Waals surface area contributed by atoms with Gasteiger partial charge in [-0.3, -0.25) is 0 Å². The molecule has 240 valence electrons. The van der Waals surface area contributed by atoms with Crippen LogP contribution in [0.4, 0.5) is 11.4 Å². The fourth-order valence-corrected chi connectivity index (χ4v) is 8.01. The van der Waals surface area contributed by atoms with Crippen molar-refractivity contribution in [3.05, 3.63) is 205 Å². The lowest BCUT2D eigenvalue weighted by molar-refractivity contribution is 0.654. The van der Waals surface area contributed by atoms with E-state index in [-0.39, 0.29) is 5.92 Å². The number of rotatable bonds is 5. The first-order valence-corrected chi connectivity index (χ1v) is 17.6. The summed E-state index contributed by atoms with van der Waals surface area (Å²) in [5.74, 6) is 1.29. The van der Waals surface area contributed by atoms with E-state index in [0.717, 1.165) is 39.5 Å². The van der Waals surface area contributed by atoms with Crippen molar-refractivity contribution in [3.8, 4) is 45.0 Å². The third-order valence-electron chi connectivity index (χ3n) is 10.4. The Balaban J connectivity index is 1.04. The summed E-state index contributed by atoms with van der Waals surface area (Å²) in [5, 5.41) is 2.62. The molecule has 3 nitrogen and oxygen atoms in total. The molecular formula is C48H33N3. The van der Waals surface area contributed by atoms with E-state index in [0.29, 0.717) is 5.92 Å². The summed E-state index contributed by atoms with van der Waals surface area (Å²) in [6, 6.07) is 53.8. The Morgan fingerprint density at radius 3 is 2.00 bits per heavy atom. The average Bonchev–Trinajstić information content (AvgIpc) is 3.57. The SMILES string of the molecule is C1=CC2=CC=C3C(c4c(ccc5ccccc45)N3c3cccc(-c4ccc(-c5cc(-c6ccccc6)nc(-c6ccccc6)n5)cc4)c3)C2C=C1. The highest BCUT2D eigenvalue weighted by molar-refractivity contribution is 5.97. The molecule has 0 bridgehead atoms. The quantitative estimate of drug-likeness (QED) is 0.185. The zero-order valence-corrected chi connectivity index (χ0v) is 27.9. The highest BCUT2D eigenvalue weighted by Crippen LogP contribution is 2.56. The van der Waals surface area contributed by atoms with Crippen LogP contribution in [0.25, 0.3) is 55.8 Å². The van der Waals surface area contributed by atoms with Crippen LogP contribution in [-0.2, 0) is 0 Å². The van der Waals surface area contributed by atoms with Crippen molar-refractivity contribution in [3.63, 3.8) is 0 Å². The number of hydrogen-bond acceptors (Lipinski definition) is 3. The van der Waals surface area contributed by atoms with Gasteiger partial charge in [-0.15, -0.1) is 0 Å². The first kappa shape index (κ1) is 29.3. The zero-order valence-electron chi connectivity index (χ0n) is 27.9. The molecule has 0 N–H and O–H groups in total. The monoisotopic (exact) mass is 651 g/mol. The summed E-state index contributed by atoms with van der Waals surface area (Å²) in [6.07, 6.45) is 13.6. The van der Waals surface area contributed by atoms with Gasteiger partial charge in [0.05, 0.1) is 17.1 Å². The van der Waals surface area contributed by atoms with E-state index in [2.05, 4.69) is 169 Å². The molecule has 3 aliphatic rings. The second-order valence-electron chi connectivity index (χ2n) is 13.4. The van der Waals surface area contributed by atoms with E-state index in [9.17, 15) is 0 Å². The number of aromatic nitrogens is 2. The van der Waals surface area contributed by atoms with Gasteiger partial charge in [-0.05, 0) is 63.4 Å². The fraction of sp³-hybridized carbons (Fsp3) is 0.0417. The van der Waals surface area contributed by atoms with Gasteiger partial charge in [-0.2, -0.15) is 0 Å². The van der Waals surface area contributed by atoms with Crippen LogP contribution in [0, 0.1) is 5.92 Å². The van der Waals surface area contributed by atoms with Crippen molar-refractivity contribution in [2.75, 3.05) is 4.90 Å². The first-order chi connectivity index (χ1) is 25.3. The maximum atomic E-state index is 5.04. The van der Waals surface area contributed by atoms with Gasteiger partial charge in [0.25, 0.3) is 0 Å². The third-order valence-corrected chi connectivity index (χ3v) is 10.4. The molecule has 1 aromatic heterocycles. The number of fused-ring (bicyclic) bond motifs is 7. The molecule has 51 heavy (non-hydrogen) atoms. The molecule has 3 heteroatoms. The Hall–Kier alpha value is -6.58. The third kappa shape index (κ3) is 5.05. The second-order valence-corrected chi connectivity index (χ2v) is 13.4. The summed E-state index contributed by atoms with van der Waals surface area (Å²) in [4.78, 5) is 12.5. The summed E-state index contributed by atoms with van der Waals surface area (Å²) in [7, 11) is 0. The lowest BCUT2D eigenvalue weighted by Gasteiger charge is -2.31. The lowest BCUT2D eigenvalue weighted by Crippen LogP contribution is -2.21. The maximum Gasteiger partial charge on any atom is 0.160 e. The molecule has 7 aromatic rings. The molecule has 2 unspecified atom stereocenters. The molecule has 2 atom stereocenters. The van der Waals surface area contributed by atoms with Crippen LogP contribution in [0.3, 0.4) is 0 Å². The van der Waals surface area contributed by atoms with Crippen molar-refractivity contribution in [1.82, 2.24) is 9.97 Å². The smallest absolute Gasteiger partial charge is 0.160 e. The second kappa shape index (κ2) is 12.1. The lowest BCUT2D eigenvalue weighted by atomic mass is 9.75. The number of anilines is 2. The van der Waals surface area contributed by atoms with Crippen LogP contribution >= 0.6 is 0 Å². The van der Waals surface area contributed by atoms with Crippen molar-refractivity contribution >= 4 is 22.1 Å². The van der Waals surface area contributed by atoms with Crippen molar-refractivity contribution in [2.24, 2.45) is 5.92 Å². The van der Waals surface area contributed by atoms with Gasteiger partial charge in [-0.1, -0.05) is 158 Å². The summed E-state index contributed by atoms with van der Waals surface area (Å²) in [5.41, 5.74) is 13.8. The Labute approximate surface area is 297 Å². The van der Waals surface area contributed by atoms with Crippen molar-refractivity contribution < 1.29 is 0 Å². The van der Waals surface area contributed by atoms with E-state index in [1.807, 2.05) is 24.3 Å². The molecule has 0 radical (unpaired) electrons. The van der Waals surface area contributed by atoms with Gasteiger partial charge in [0, 0.05) is 39.9 Å². The van der Waals surface area contributed by atoms with Crippen LogP contribution in [0.2, 0.25) is 0 Å². The van der Waals surface area contributed by atoms with Crippen LogP contribution in [0.5, 0.6) is 0 Å². The van der Waals surface area contributed by atoms with Gasteiger partial charge < -0.3 is 4.90 Å². The predicted molar refractivity (Wildman–Crippen MR) is 211 cm³/mol. The van der Waals surface area contributed by atoms with E-state index in [4.69, 9.17) is 9.97 Å². The van der Waals surface area contributed by atoms with Gasteiger partial charge in [0.15, 0.2) is 5.82 Å². The minimum Gasteiger partial charge on any atom is -0.313 e. The highest BCUT2D eigenvalue weighted by atomic mass is 15.2. The highest BCUT2D eigenvalue weighted by Gasteiger charge is 2.42. The van der Waals surface area contributed by atoms with Crippen LogP contribution in [0.15, 0.2) is 199 Å². The Morgan fingerprint density at radius 1 is 0.510 bits per heavy atom. The number of allylic oxidation sites excluding steroid dienone is 8. The minimum absolute atomic E-state index is 0.254. The Bertz CT molecular complexity index is 2520. The van der Waals surface area contributed by atoms with Crippen LogP contribution in [0.1, 0.15) is 11.5 Å². The predicted octanol–water partition coefficient (Wildman–Crippen LogP) is 12.1. The molecule has 6 aromatic carbocycles. The average molecular weight is 652 g/mol. The van der Waals surface area contributed by atoms with Crippen LogP contribution in [-0.4, -0.2) is 9.97 Å². The van der Waals surface area contributed by atoms with Gasteiger partial charge in [0.2, 0.25) is 0 Å². The fourth-order valence-electron chi connectivity index (χ4n) is 8.01. The van der Waals surface area contributed by atoms with Gasteiger partial charge in [-0.25, -0.2) is 9.97 Å². The summed E-state index contributed by atoms with van der Waals surface area (Å²) in [6.45, 7) is 0. The number of hydrogen-bond donors (Lipinski definition) is 0. The molecule has 0 saturated carbocycles. The van der Waals surface area contributed by atoms with E-state index in [1.54, 1.807) is 0 Å². The molecule has 10 rings (SSSR count). The molecule has 1 aliphatic heterocycles. The number of nitrogens with zero attached hydrogens (tertiary/aromatic N) is 3.